The fourth-order valence-corrected chi connectivity index (χ4v) is 10.1. The quantitative estimate of drug-likeness (QED) is 0.234. The molecular weight excluding hydrogens is 570 g/mol. The monoisotopic (exact) mass is 615 g/mol. The van der Waals surface area contributed by atoms with Crippen molar-refractivity contribution in [1.29, 1.82) is 0 Å². The lowest BCUT2D eigenvalue weighted by atomic mass is 9.46. The van der Waals surface area contributed by atoms with Crippen LogP contribution in [0.1, 0.15) is 68.1 Å². The number of Topliss-reactive ketones (excluding diaryl/α,β-unsaturated/α-hetero) is 1. The highest BCUT2D eigenvalue weighted by atomic mass is 16.7. The average Bonchev–Trinajstić information content (AvgIpc) is 3.52. The molecule has 1 saturated heterocycles. The van der Waals surface area contributed by atoms with Gasteiger partial charge < -0.3 is 35.6 Å². The molecule has 0 amide bonds. The van der Waals surface area contributed by atoms with E-state index in [-0.39, 0.29) is 35.6 Å². The Balaban J connectivity index is 1.14. The molecule has 45 heavy (non-hydrogen) atoms. The topological polar surface area (TPSA) is 142 Å². The molecule has 7 rings (SSSR count). The summed E-state index contributed by atoms with van der Waals surface area (Å²) in [6, 6.07) is 13.9. The first kappa shape index (κ1) is 30.8. The number of fused-ring (bicyclic) bond motifs is 7. The number of benzene rings is 2. The third-order valence-corrected chi connectivity index (χ3v) is 12.1. The van der Waals surface area contributed by atoms with Gasteiger partial charge in [0.2, 0.25) is 0 Å². The van der Waals surface area contributed by atoms with Crippen molar-refractivity contribution in [2.24, 2.45) is 28.6 Å². The number of hydrogen-bond acceptors (Lipinski definition) is 8. The van der Waals surface area contributed by atoms with Crippen molar-refractivity contribution in [3.05, 3.63) is 88.5 Å². The number of carbonyl (C=O) groups is 1. The fraction of sp³-hybridized carbons (Fsp3) is 0.541. The molecule has 8 heteroatoms. The van der Waals surface area contributed by atoms with Gasteiger partial charge in [-0.05, 0) is 73.1 Å². The molecule has 4 fully saturated rings. The fourth-order valence-electron chi connectivity index (χ4n) is 10.1. The van der Waals surface area contributed by atoms with Crippen LogP contribution in [0.4, 0.5) is 5.69 Å². The Labute approximate surface area is 264 Å². The van der Waals surface area contributed by atoms with Crippen LogP contribution in [0.3, 0.4) is 0 Å². The van der Waals surface area contributed by atoms with Crippen LogP contribution in [0.15, 0.2) is 66.3 Å². The highest BCUT2D eigenvalue weighted by Gasteiger charge is 2.75. The summed E-state index contributed by atoms with van der Waals surface area (Å²) in [5.41, 5.74) is 9.42. The third-order valence-electron chi connectivity index (χ3n) is 12.1. The second kappa shape index (κ2) is 11.1. The summed E-state index contributed by atoms with van der Waals surface area (Å²) in [6.45, 7) is 3.63. The van der Waals surface area contributed by atoms with Gasteiger partial charge in [-0.3, -0.25) is 4.79 Å². The van der Waals surface area contributed by atoms with Gasteiger partial charge in [0.15, 0.2) is 17.7 Å². The number of carbonyl (C=O) groups excluding carboxylic acids is 1. The van der Waals surface area contributed by atoms with Crippen LogP contribution in [0, 0.1) is 28.6 Å². The van der Waals surface area contributed by atoms with E-state index in [9.17, 15) is 25.2 Å². The molecule has 2 aromatic carbocycles. The minimum atomic E-state index is -1.36. The zero-order chi connectivity index (χ0) is 31.7. The number of hydrogen-bond donors (Lipinski definition) is 5. The van der Waals surface area contributed by atoms with Gasteiger partial charge in [0.1, 0.15) is 6.61 Å². The van der Waals surface area contributed by atoms with Gasteiger partial charge in [0, 0.05) is 34.6 Å². The molecule has 1 unspecified atom stereocenters. The van der Waals surface area contributed by atoms with Crippen LogP contribution >= 0.6 is 0 Å². The predicted molar refractivity (Wildman–Crippen MR) is 169 cm³/mol. The highest BCUT2D eigenvalue weighted by Crippen LogP contribution is 2.70. The van der Waals surface area contributed by atoms with Crippen LogP contribution < -0.4 is 5.73 Å². The Hall–Kier alpha value is -2.85. The van der Waals surface area contributed by atoms with E-state index in [0.29, 0.717) is 31.4 Å². The predicted octanol–water partition coefficient (Wildman–Crippen LogP) is 3.79. The number of aliphatic hydroxyl groups excluding tert-OH is 4. The summed E-state index contributed by atoms with van der Waals surface area (Å²) < 4.78 is 13.3. The molecular formula is C37H45NO7. The molecule has 1 heterocycles. The van der Waals surface area contributed by atoms with Gasteiger partial charge in [-0.25, -0.2) is 0 Å². The maximum atomic E-state index is 13.8. The molecule has 0 radical (unpaired) electrons. The van der Waals surface area contributed by atoms with Crippen molar-refractivity contribution in [2.75, 3.05) is 18.9 Å². The van der Waals surface area contributed by atoms with E-state index in [1.54, 1.807) is 0 Å². The maximum absolute atomic E-state index is 13.8. The number of rotatable bonds is 7. The van der Waals surface area contributed by atoms with Gasteiger partial charge in [-0.15, -0.1) is 0 Å². The number of nitrogens with two attached hydrogens (primary N) is 1. The van der Waals surface area contributed by atoms with Crippen molar-refractivity contribution in [3.8, 4) is 0 Å². The van der Waals surface area contributed by atoms with Gasteiger partial charge in [-0.1, -0.05) is 74.0 Å². The molecule has 2 aromatic rings. The van der Waals surface area contributed by atoms with E-state index in [0.717, 1.165) is 35.1 Å². The van der Waals surface area contributed by atoms with Crippen molar-refractivity contribution in [1.82, 2.24) is 0 Å². The zero-order valence-electron chi connectivity index (χ0n) is 26.1. The summed E-state index contributed by atoms with van der Waals surface area (Å²) in [5, 5.41) is 41.7. The molecule has 240 valence electrons. The summed E-state index contributed by atoms with van der Waals surface area (Å²) in [6.07, 6.45) is 7.16. The van der Waals surface area contributed by atoms with E-state index >= 15 is 0 Å². The zero-order valence-corrected chi connectivity index (χ0v) is 26.1. The largest absolute Gasteiger partial charge is 0.399 e. The molecule has 5 aliphatic rings. The standard InChI is InChI=1S/C37H45NO7/c1-35-13-11-26(41)17-25(35)8-9-27-28-18-32-37(31(43)20-40,36(28,2)19-30(42)33(27)35)45-34(44-32)23-6-3-21(4-7-23)15-22-5-10-29(38)24(16-22)12-14-39/h3-7,10-11,13,16-17,26-28,30,32-34,39-42H,8-9,12,14-15,18-20,38H2,1-2H3/t26?,27-,28-,30-,32+,33+,34+,35-,36-,37+/m0/s1. The average molecular weight is 616 g/mol. The lowest BCUT2D eigenvalue weighted by Crippen LogP contribution is -2.63. The number of ketones is 1. The summed E-state index contributed by atoms with van der Waals surface area (Å²) in [4.78, 5) is 13.8. The molecule has 10 atom stereocenters. The van der Waals surface area contributed by atoms with Crippen LogP contribution in [0.5, 0.6) is 0 Å². The number of nitrogen functional groups attached to an aromatic ring is 1. The van der Waals surface area contributed by atoms with Crippen molar-refractivity contribution in [3.63, 3.8) is 0 Å². The van der Waals surface area contributed by atoms with Crippen LogP contribution in [0.2, 0.25) is 0 Å². The first-order valence-electron chi connectivity index (χ1n) is 16.3. The summed E-state index contributed by atoms with van der Waals surface area (Å²) in [5.74, 6) is -0.203. The van der Waals surface area contributed by atoms with Crippen LogP contribution in [-0.2, 0) is 27.1 Å². The first-order valence-corrected chi connectivity index (χ1v) is 16.3. The lowest BCUT2D eigenvalue weighted by molar-refractivity contribution is -0.201. The van der Waals surface area contributed by atoms with E-state index in [2.05, 4.69) is 19.9 Å². The number of anilines is 1. The molecule has 8 nitrogen and oxygen atoms in total. The second-order valence-corrected chi connectivity index (χ2v) is 14.4. The lowest BCUT2D eigenvalue weighted by Gasteiger charge is -2.60. The molecule has 3 saturated carbocycles. The van der Waals surface area contributed by atoms with Crippen LogP contribution in [0.25, 0.3) is 0 Å². The number of ether oxygens (including phenoxy) is 2. The summed E-state index contributed by atoms with van der Waals surface area (Å²) >= 11 is 0. The smallest absolute Gasteiger partial charge is 0.193 e. The van der Waals surface area contributed by atoms with Gasteiger partial charge in [-0.2, -0.15) is 0 Å². The molecule has 0 spiro atoms. The molecule has 1 aliphatic heterocycles. The maximum Gasteiger partial charge on any atom is 0.193 e. The van der Waals surface area contributed by atoms with Crippen molar-refractivity contribution in [2.45, 2.75) is 82.6 Å². The minimum Gasteiger partial charge on any atom is -0.399 e. The Bertz CT molecular complexity index is 1540. The minimum absolute atomic E-state index is 0.0384. The normalized spacial score (nSPS) is 39.9. The van der Waals surface area contributed by atoms with E-state index < -0.39 is 42.2 Å². The third kappa shape index (κ3) is 4.60. The molecule has 0 aromatic heterocycles. The van der Waals surface area contributed by atoms with Crippen LogP contribution in [-0.4, -0.2) is 63.3 Å². The Morgan fingerprint density at radius 1 is 1.07 bits per heavy atom. The Morgan fingerprint density at radius 2 is 1.82 bits per heavy atom. The number of allylic oxidation sites excluding steroid dienone is 2. The van der Waals surface area contributed by atoms with Crippen molar-refractivity contribution < 1.29 is 34.7 Å². The van der Waals surface area contributed by atoms with E-state index in [1.165, 1.54) is 5.57 Å². The number of aliphatic hydroxyl groups is 4. The van der Waals surface area contributed by atoms with Gasteiger partial charge in [0.25, 0.3) is 0 Å². The molecule has 4 aliphatic carbocycles. The van der Waals surface area contributed by atoms with Gasteiger partial charge in [0.05, 0.1) is 18.3 Å². The summed E-state index contributed by atoms with van der Waals surface area (Å²) in [7, 11) is 0. The second-order valence-electron chi connectivity index (χ2n) is 14.4. The van der Waals surface area contributed by atoms with Crippen molar-refractivity contribution >= 4 is 11.5 Å². The van der Waals surface area contributed by atoms with Gasteiger partial charge >= 0.3 is 0 Å². The Kier molecular flexibility index (Phi) is 7.62. The van der Waals surface area contributed by atoms with E-state index in [4.69, 9.17) is 15.2 Å². The van der Waals surface area contributed by atoms with E-state index in [1.807, 2.05) is 54.6 Å². The molecule has 6 N–H and O–H groups in total. The first-order chi connectivity index (χ1) is 21.5. The molecule has 0 bridgehead atoms. The SMILES string of the molecule is C[C@]12C=CC(O)C=C1CC[C@@H]1[C@@H]2[C@@H](O)C[C@@]2(C)[C@H]1C[C@H]1O[C@@H](c3ccc(Cc4ccc(N)c(CCO)c4)cc3)O[C@]12C(=O)CO. The highest BCUT2D eigenvalue weighted by molar-refractivity contribution is 5.91. The Morgan fingerprint density at radius 3 is 2.56 bits per heavy atom.